The smallest absolute Gasteiger partial charge is 0.322 e. The van der Waals surface area contributed by atoms with Gasteiger partial charge in [0.2, 0.25) is 0 Å². The number of nitrogens with one attached hydrogen (secondary N) is 1. The number of methoxy groups -OCH3 is 1. The van der Waals surface area contributed by atoms with Crippen molar-refractivity contribution in [1.82, 2.24) is 5.32 Å². The Kier molecular flexibility index (Phi) is 6.70. The van der Waals surface area contributed by atoms with Crippen LogP contribution in [-0.2, 0) is 19.1 Å². The van der Waals surface area contributed by atoms with Crippen LogP contribution in [0.5, 0.6) is 0 Å². The Morgan fingerprint density at radius 1 is 1.27 bits per heavy atom. The molecule has 0 aromatic rings. The first-order valence-electron chi connectivity index (χ1n) is 5.07. The second kappa shape index (κ2) is 7.23. The molecule has 88 valence electrons. The minimum atomic E-state index is -0.506. The summed E-state index contributed by atoms with van der Waals surface area (Å²) in [4.78, 5) is 22.5. The van der Waals surface area contributed by atoms with Crippen LogP contribution in [0.4, 0.5) is 0 Å². The van der Waals surface area contributed by atoms with E-state index >= 15 is 0 Å². The maximum Gasteiger partial charge on any atom is 0.322 e. The highest BCUT2D eigenvalue weighted by Crippen LogP contribution is 1.98. The van der Waals surface area contributed by atoms with E-state index in [0.29, 0.717) is 13.0 Å². The highest BCUT2D eigenvalue weighted by molar-refractivity contribution is 5.79. The van der Waals surface area contributed by atoms with Gasteiger partial charge in [0, 0.05) is 0 Å². The molecule has 0 bridgehead atoms. The number of hydrogen-bond donors (Lipinski definition) is 1. The molecule has 0 spiro atoms. The highest BCUT2D eigenvalue weighted by Gasteiger charge is 2.23. The fourth-order valence-electron chi connectivity index (χ4n) is 1.13. The van der Waals surface area contributed by atoms with Crippen LogP contribution in [0, 0.1) is 0 Å². The number of hydrogen-bond acceptors (Lipinski definition) is 5. The lowest BCUT2D eigenvalue weighted by Crippen LogP contribution is -2.46. The molecule has 1 N–H and O–H groups in total. The predicted octanol–water partition coefficient (Wildman–Crippen LogP) is 0.479. The molecule has 5 heteroatoms. The van der Waals surface area contributed by atoms with Gasteiger partial charge in [-0.3, -0.25) is 14.9 Å². The van der Waals surface area contributed by atoms with Gasteiger partial charge in [-0.2, -0.15) is 0 Å². The van der Waals surface area contributed by atoms with E-state index in [1.807, 2.05) is 6.92 Å². The Bertz CT molecular complexity index is 217. The second-order valence-corrected chi connectivity index (χ2v) is 3.12. The third kappa shape index (κ3) is 4.78. The van der Waals surface area contributed by atoms with Crippen LogP contribution in [0.1, 0.15) is 27.2 Å². The van der Waals surface area contributed by atoms with Crippen molar-refractivity contribution in [1.29, 1.82) is 0 Å². The molecule has 0 fully saturated rings. The number of ether oxygens (including phenoxy) is 2. The van der Waals surface area contributed by atoms with Crippen molar-refractivity contribution in [2.24, 2.45) is 0 Å². The van der Waals surface area contributed by atoms with Gasteiger partial charge in [-0.15, -0.1) is 0 Å². The maximum absolute atomic E-state index is 11.3. The van der Waals surface area contributed by atoms with Gasteiger partial charge < -0.3 is 9.47 Å². The first kappa shape index (κ1) is 13.9. The Labute approximate surface area is 90.1 Å². The largest absolute Gasteiger partial charge is 0.468 e. The molecule has 0 heterocycles. The van der Waals surface area contributed by atoms with E-state index in [9.17, 15) is 9.59 Å². The first-order valence-corrected chi connectivity index (χ1v) is 5.07. The Morgan fingerprint density at radius 3 is 2.27 bits per heavy atom. The van der Waals surface area contributed by atoms with Gasteiger partial charge in [0.05, 0.1) is 13.7 Å². The van der Waals surface area contributed by atoms with Crippen molar-refractivity contribution in [2.45, 2.75) is 39.3 Å². The minimum Gasteiger partial charge on any atom is -0.468 e. The zero-order chi connectivity index (χ0) is 11.8. The van der Waals surface area contributed by atoms with E-state index in [0.717, 1.165) is 0 Å². The van der Waals surface area contributed by atoms with Crippen molar-refractivity contribution in [3.63, 3.8) is 0 Å². The molecular formula is C10H19NO4. The summed E-state index contributed by atoms with van der Waals surface area (Å²) >= 11 is 0. The van der Waals surface area contributed by atoms with Crippen LogP contribution in [0.25, 0.3) is 0 Å². The third-order valence-corrected chi connectivity index (χ3v) is 1.99. The Hall–Kier alpha value is -1.10. The lowest BCUT2D eigenvalue weighted by atomic mass is 10.2. The minimum absolute atomic E-state index is 0.333. The highest BCUT2D eigenvalue weighted by atomic mass is 16.5. The molecule has 2 unspecified atom stereocenters. The van der Waals surface area contributed by atoms with Crippen LogP contribution in [-0.4, -0.2) is 37.7 Å². The molecule has 5 nitrogen and oxygen atoms in total. The van der Waals surface area contributed by atoms with Gasteiger partial charge in [-0.1, -0.05) is 6.92 Å². The van der Waals surface area contributed by atoms with Crippen molar-refractivity contribution >= 4 is 11.9 Å². The van der Waals surface area contributed by atoms with E-state index in [1.165, 1.54) is 7.11 Å². The Balaban J connectivity index is 4.17. The topological polar surface area (TPSA) is 64.6 Å². The lowest BCUT2D eigenvalue weighted by molar-refractivity contribution is -0.147. The molecule has 0 aliphatic rings. The van der Waals surface area contributed by atoms with Crippen LogP contribution >= 0.6 is 0 Å². The van der Waals surface area contributed by atoms with Gasteiger partial charge in [0.1, 0.15) is 12.1 Å². The van der Waals surface area contributed by atoms with Gasteiger partial charge in [0.25, 0.3) is 0 Å². The van der Waals surface area contributed by atoms with E-state index in [-0.39, 0.29) is 11.9 Å². The lowest BCUT2D eigenvalue weighted by Gasteiger charge is -2.18. The van der Waals surface area contributed by atoms with E-state index in [2.05, 4.69) is 10.1 Å². The summed E-state index contributed by atoms with van der Waals surface area (Å²) in [5, 5.41) is 2.85. The van der Waals surface area contributed by atoms with Gasteiger partial charge in [-0.05, 0) is 20.3 Å². The SMILES string of the molecule is CCOC(=O)C(C)NC(CC)C(=O)OC. The zero-order valence-electron chi connectivity index (χ0n) is 9.70. The average molecular weight is 217 g/mol. The molecule has 15 heavy (non-hydrogen) atoms. The van der Waals surface area contributed by atoms with Crippen molar-refractivity contribution in [2.75, 3.05) is 13.7 Å². The molecule has 0 aliphatic carbocycles. The summed E-state index contributed by atoms with van der Waals surface area (Å²) in [6.07, 6.45) is 0.566. The molecule has 0 aromatic heterocycles. The van der Waals surface area contributed by atoms with Crippen molar-refractivity contribution in [3.8, 4) is 0 Å². The normalized spacial score (nSPS) is 14.1. The quantitative estimate of drug-likeness (QED) is 0.655. The van der Waals surface area contributed by atoms with E-state index in [4.69, 9.17) is 4.74 Å². The van der Waals surface area contributed by atoms with Crippen LogP contribution in [0.2, 0.25) is 0 Å². The molecule has 0 saturated heterocycles. The predicted molar refractivity (Wildman–Crippen MR) is 55.3 cm³/mol. The summed E-state index contributed by atoms with van der Waals surface area (Å²) in [6.45, 7) is 5.57. The van der Waals surface area contributed by atoms with Crippen molar-refractivity contribution < 1.29 is 19.1 Å². The average Bonchev–Trinajstić information content (AvgIpc) is 2.24. The fraction of sp³-hybridized carbons (Fsp3) is 0.800. The van der Waals surface area contributed by atoms with E-state index < -0.39 is 12.1 Å². The molecule has 0 aromatic carbocycles. The molecule has 2 atom stereocenters. The number of carbonyl (C=O) groups excluding carboxylic acids is 2. The Morgan fingerprint density at radius 2 is 1.87 bits per heavy atom. The van der Waals surface area contributed by atoms with Crippen LogP contribution in [0.3, 0.4) is 0 Å². The van der Waals surface area contributed by atoms with Crippen LogP contribution in [0.15, 0.2) is 0 Å². The summed E-state index contributed by atoms with van der Waals surface area (Å²) < 4.78 is 9.40. The zero-order valence-corrected chi connectivity index (χ0v) is 9.70. The summed E-state index contributed by atoms with van der Waals surface area (Å²) in [5.41, 5.74) is 0. The summed E-state index contributed by atoms with van der Waals surface area (Å²) in [5.74, 6) is -0.728. The molecule has 0 aliphatic heterocycles. The van der Waals surface area contributed by atoms with Crippen molar-refractivity contribution in [3.05, 3.63) is 0 Å². The summed E-state index contributed by atoms with van der Waals surface area (Å²) in [7, 11) is 1.32. The monoisotopic (exact) mass is 217 g/mol. The summed E-state index contributed by atoms with van der Waals surface area (Å²) in [6, 6.07) is -0.969. The standard InChI is InChI=1S/C10H19NO4/c1-5-8(10(13)14-4)11-7(3)9(12)15-6-2/h7-8,11H,5-6H2,1-4H3. The molecule has 0 radical (unpaired) electrons. The van der Waals surface area contributed by atoms with Crippen LogP contribution < -0.4 is 5.32 Å². The van der Waals surface area contributed by atoms with Gasteiger partial charge in [-0.25, -0.2) is 0 Å². The number of rotatable bonds is 6. The first-order chi connectivity index (χ1) is 7.06. The molecular weight excluding hydrogens is 198 g/mol. The van der Waals surface area contributed by atoms with E-state index in [1.54, 1.807) is 13.8 Å². The maximum atomic E-state index is 11.3. The third-order valence-electron chi connectivity index (χ3n) is 1.99. The number of carbonyl (C=O) groups is 2. The second-order valence-electron chi connectivity index (χ2n) is 3.12. The number of esters is 2. The van der Waals surface area contributed by atoms with Gasteiger partial charge in [0.15, 0.2) is 0 Å². The molecule has 0 amide bonds. The van der Waals surface area contributed by atoms with Gasteiger partial charge >= 0.3 is 11.9 Å². The fourth-order valence-corrected chi connectivity index (χ4v) is 1.13. The molecule has 0 saturated carbocycles. The molecule has 0 rings (SSSR count).